The van der Waals surface area contributed by atoms with Crippen LogP contribution in [0.5, 0.6) is 0 Å². The molecule has 2 aliphatic rings. The molecule has 0 saturated heterocycles. The van der Waals surface area contributed by atoms with E-state index in [-0.39, 0.29) is 28.3 Å². The van der Waals surface area contributed by atoms with E-state index in [4.69, 9.17) is 10.7 Å². The smallest absolute Gasteiger partial charge is 0.267 e. The zero-order chi connectivity index (χ0) is 25.2. The van der Waals surface area contributed by atoms with Gasteiger partial charge in [0.1, 0.15) is 17.3 Å². The first-order valence-corrected chi connectivity index (χ1v) is 11.7. The molecule has 6 rings (SSSR count). The maximum absolute atomic E-state index is 14.5. The van der Waals surface area contributed by atoms with E-state index in [9.17, 15) is 13.6 Å². The third-order valence-corrected chi connectivity index (χ3v) is 7.97. The number of nitrogens with two attached hydrogens (primary N) is 1. The third-order valence-electron chi connectivity index (χ3n) is 7.97. The number of rotatable bonds is 4. The minimum atomic E-state index is -0.669. The van der Waals surface area contributed by atoms with Gasteiger partial charge in [0, 0.05) is 18.0 Å². The number of nitrogens with zero attached hydrogens (tertiary/aromatic N) is 5. The molecule has 3 heterocycles. The summed E-state index contributed by atoms with van der Waals surface area (Å²) in [6.07, 6.45) is 4.93. The number of primary amides is 1. The van der Waals surface area contributed by atoms with Crippen LogP contribution in [0.4, 0.5) is 8.78 Å². The lowest BCUT2D eigenvalue weighted by Crippen LogP contribution is -2.38. The lowest BCUT2D eigenvalue weighted by molar-refractivity contribution is 0.0995. The first kappa shape index (κ1) is 22.3. The molecule has 0 radical (unpaired) electrons. The number of carbonyl (C=O) groups excluding carboxylic acids is 1. The second-order valence-electron chi connectivity index (χ2n) is 9.91. The number of amides is 1. The molecule has 0 aliphatic heterocycles. The normalized spacial score (nSPS) is 21.4. The van der Waals surface area contributed by atoms with Crippen LogP contribution in [0, 0.1) is 17.0 Å². The highest BCUT2D eigenvalue weighted by molar-refractivity contribution is 5.90. The van der Waals surface area contributed by atoms with E-state index in [1.165, 1.54) is 24.4 Å². The second-order valence-corrected chi connectivity index (χ2v) is 9.91. The van der Waals surface area contributed by atoms with Crippen molar-refractivity contribution in [2.75, 3.05) is 0 Å². The van der Waals surface area contributed by atoms with Crippen LogP contribution in [0.25, 0.3) is 22.6 Å². The van der Waals surface area contributed by atoms with Gasteiger partial charge in [-0.2, -0.15) is 5.10 Å². The zero-order valence-electron chi connectivity index (χ0n) is 19.7. The highest BCUT2D eigenvalue weighted by atomic mass is 19.1. The Labute approximate surface area is 205 Å². The molecule has 0 spiro atoms. The molecule has 4 aromatic rings. The highest BCUT2D eigenvalue weighted by Gasteiger charge is 2.65. The Bertz CT molecular complexity index is 1520. The molecule has 7 nitrogen and oxygen atoms in total. The molecule has 1 saturated carbocycles. The highest BCUT2D eigenvalue weighted by Crippen LogP contribution is 2.69. The summed E-state index contributed by atoms with van der Waals surface area (Å²) >= 11 is 0. The molecular weight excluding hydrogens is 462 g/mol. The molecule has 36 heavy (non-hydrogen) atoms. The summed E-state index contributed by atoms with van der Waals surface area (Å²) < 4.78 is 29.0. The minimum Gasteiger partial charge on any atom is -0.364 e. The average Bonchev–Trinajstić information content (AvgIpc) is 3.25. The number of hydrogen-bond donors (Lipinski definition) is 1. The fraction of sp³-hybridized carbons (Fsp3) is 0.259. The summed E-state index contributed by atoms with van der Waals surface area (Å²) in [4.78, 5) is 24.8. The van der Waals surface area contributed by atoms with E-state index >= 15 is 0 Å². The van der Waals surface area contributed by atoms with E-state index in [0.29, 0.717) is 11.4 Å². The molecule has 0 unspecified atom stereocenters. The van der Waals surface area contributed by atoms with Gasteiger partial charge in [-0.05, 0) is 66.1 Å². The van der Waals surface area contributed by atoms with Crippen molar-refractivity contribution in [1.29, 1.82) is 0 Å². The SMILES string of the molecule is CC1(C)[C@H]2CC[C@@]1(c1ccnc(-c3ccc(C(N)=O)nc3)n1)c1nnc(-c3c(F)cccc3F)cc12. The van der Waals surface area contributed by atoms with E-state index in [2.05, 4.69) is 34.0 Å². The Balaban J connectivity index is 1.48. The molecular formula is C27H22F2N6O. The minimum absolute atomic E-state index is 0.131. The molecule has 2 N–H and O–H groups in total. The van der Waals surface area contributed by atoms with Crippen LogP contribution in [0.15, 0.2) is 54.9 Å². The standard InChI is InChI=1S/C27H22F2N6O/c1-26(2)16-8-10-27(26,21-9-11-31-25(33-21)14-6-7-19(24(30)36)32-13-14)23-15(16)12-20(34-35-23)22-17(28)4-3-5-18(22)29/h3-7,9,11-13,16H,8,10H2,1-2H3,(H2,30,36)/t16-,27+/m0/s1. The summed E-state index contributed by atoms with van der Waals surface area (Å²) in [5.74, 6) is -1.34. The van der Waals surface area contributed by atoms with Gasteiger partial charge in [0.25, 0.3) is 5.91 Å². The van der Waals surface area contributed by atoms with Crippen LogP contribution >= 0.6 is 0 Å². The Morgan fingerprint density at radius 3 is 2.53 bits per heavy atom. The fourth-order valence-electron chi connectivity index (χ4n) is 6.16. The van der Waals surface area contributed by atoms with Gasteiger partial charge in [0.05, 0.1) is 28.1 Å². The fourth-order valence-corrected chi connectivity index (χ4v) is 6.16. The van der Waals surface area contributed by atoms with Gasteiger partial charge in [-0.3, -0.25) is 9.78 Å². The van der Waals surface area contributed by atoms with E-state index < -0.39 is 23.0 Å². The van der Waals surface area contributed by atoms with E-state index in [1.54, 1.807) is 24.4 Å². The summed E-state index contributed by atoms with van der Waals surface area (Å²) in [5, 5.41) is 8.85. The first-order valence-electron chi connectivity index (χ1n) is 11.7. The summed E-state index contributed by atoms with van der Waals surface area (Å²) in [5.41, 5.74) is 7.87. The van der Waals surface area contributed by atoms with Crippen LogP contribution in [-0.4, -0.2) is 31.1 Å². The Morgan fingerprint density at radius 2 is 1.83 bits per heavy atom. The molecule has 3 aromatic heterocycles. The monoisotopic (exact) mass is 484 g/mol. The molecule has 180 valence electrons. The van der Waals surface area contributed by atoms with Crippen LogP contribution in [0.3, 0.4) is 0 Å². The zero-order valence-corrected chi connectivity index (χ0v) is 19.7. The maximum atomic E-state index is 14.5. The number of halogens is 2. The molecule has 2 atom stereocenters. The van der Waals surface area contributed by atoms with Crippen molar-refractivity contribution in [2.24, 2.45) is 11.1 Å². The summed E-state index contributed by atoms with van der Waals surface area (Å²) in [7, 11) is 0. The quantitative estimate of drug-likeness (QED) is 0.455. The molecule has 2 aliphatic carbocycles. The first-order chi connectivity index (χ1) is 17.2. The van der Waals surface area contributed by atoms with Gasteiger partial charge < -0.3 is 5.73 Å². The van der Waals surface area contributed by atoms with Gasteiger partial charge in [-0.1, -0.05) is 19.9 Å². The summed E-state index contributed by atoms with van der Waals surface area (Å²) in [6, 6.07) is 10.7. The van der Waals surface area contributed by atoms with Crippen molar-refractivity contribution in [3.05, 3.63) is 89.1 Å². The van der Waals surface area contributed by atoms with Crippen molar-refractivity contribution < 1.29 is 13.6 Å². The number of hydrogen-bond acceptors (Lipinski definition) is 6. The van der Waals surface area contributed by atoms with Gasteiger partial charge in [0.15, 0.2) is 5.82 Å². The number of carbonyl (C=O) groups is 1. The van der Waals surface area contributed by atoms with Gasteiger partial charge >= 0.3 is 0 Å². The third kappa shape index (κ3) is 2.95. The predicted molar refractivity (Wildman–Crippen MR) is 128 cm³/mol. The van der Waals surface area contributed by atoms with Crippen LogP contribution < -0.4 is 5.73 Å². The molecule has 1 amide bonds. The molecule has 2 bridgehead atoms. The molecule has 1 fully saturated rings. The van der Waals surface area contributed by atoms with Crippen LogP contribution in [0.1, 0.15) is 60.0 Å². The lowest BCUT2D eigenvalue weighted by atomic mass is 9.66. The average molecular weight is 485 g/mol. The van der Waals surface area contributed by atoms with Gasteiger partial charge in [0.2, 0.25) is 0 Å². The van der Waals surface area contributed by atoms with Crippen LogP contribution in [0.2, 0.25) is 0 Å². The summed E-state index contributed by atoms with van der Waals surface area (Å²) in [6.45, 7) is 4.36. The van der Waals surface area contributed by atoms with Crippen molar-refractivity contribution in [3.8, 4) is 22.6 Å². The Morgan fingerprint density at radius 1 is 1.06 bits per heavy atom. The topological polar surface area (TPSA) is 108 Å². The van der Waals surface area contributed by atoms with Gasteiger partial charge in [-0.25, -0.2) is 18.7 Å². The lowest BCUT2D eigenvalue weighted by Gasteiger charge is -2.37. The van der Waals surface area contributed by atoms with E-state index in [0.717, 1.165) is 29.8 Å². The van der Waals surface area contributed by atoms with Gasteiger partial charge in [-0.15, -0.1) is 5.10 Å². The second kappa shape index (κ2) is 7.68. The van der Waals surface area contributed by atoms with Crippen molar-refractivity contribution in [1.82, 2.24) is 25.1 Å². The number of aromatic nitrogens is 5. The van der Waals surface area contributed by atoms with Crippen molar-refractivity contribution in [3.63, 3.8) is 0 Å². The van der Waals surface area contributed by atoms with E-state index in [1.807, 2.05) is 6.07 Å². The molecule has 9 heteroatoms. The number of fused-ring (bicyclic) bond motifs is 5. The predicted octanol–water partition coefficient (Wildman–Crippen LogP) is 4.58. The van der Waals surface area contributed by atoms with Crippen molar-refractivity contribution >= 4 is 5.91 Å². The Kier molecular flexibility index (Phi) is 4.76. The molecule has 1 aromatic carbocycles. The largest absolute Gasteiger partial charge is 0.364 e. The maximum Gasteiger partial charge on any atom is 0.267 e. The Hall–Kier alpha value is -4.14. The van der Waals surface area contributed by atoms with Crippen molar-refractivity contribution in [2.45, 2.75) is 38.0 Å². The number of benzene rings is 1. The van der Waals surface area contributed by atoms with Crippen LogP contribution in [-0.2, 0) is 5.41 Å². The number of pyridine rings is 1.